The van der Waals surface area contributed by atoms with Crippen molar-refractivity contribution in [2.75, 3.05) is 0 Å². The number of halogens is 2. The highest BCUT2D eigenvalue weighted by Crippen LogP contribution is 2.14. The number of hydrogen-bond acceptors (Lipinski definition) is 2. The van der Waals surface area contributed by atoms with Gasteiger partial charge >= 0.3 is 0 Å². The average Bonchev–Trinajstić information content (AvgIpc) is 2.23. The summed E-state index contributed by atoms with van der Waals surface area (Å²) in [6.07, 6.45) is 3.11. The molecule has 5 heteroatoms. The van der Waals surface area contributed by atoms with Crippen LogP contribution in [0.4, 0.5) is 0 Å². The number of aromatic nitrogens is 2. The number of benzene rings is 1. The molecule has 1 heterocycles. The van der Waals surface area contributed by atoms with Crippen molar-refractivity contribution in [3.05, 3.63) is 55.7 Å². The largest absolute Gasteiger partial charge is 0.292 e. The van der Waals surface area contributed by atoms with Gasteiger partial charge in [-0.3, -0.25) is 9.36 Å². The van der Waals surface area contributed by atoms with Gasteiger partial charge in [-0.05, 0) is 34.7 Å². The van der Waals surface area contributed by atoms with Crippen molar-refractivity contribution in [1.29, 1.82) is 0 Å². The second kappa shape index (κ2) is 4.32. The monoisotopic (exact) mass is 332 g/mol. The highest BCUT2D eigenvalue weighted by molar-refractivity contribution is 14.1. The lowest BCUT2D eigenvalue weighted by molar-refractivity contribution is 0.951. The van der Waals surface area contributed by atoms with Crippen molar-refractivity contribution in [3.8, 4) is 5.69 Å². The minimum absolute atomic E-state index is 0.0165. The molecule has 0 aliphatic rings. The Morgan fingerprint density at radius 2 is 2.07 bits per heavy atom. The van der Waals surface area contributed by atoms with Crippen LogP contribution in [0.15, 0.2) is 41.5 Å². The van der Waals surface area contributed by atoms with Crippen LogP contribution >= 0.6 is 34.2 Å². The Balaban J connectivity index is 2.70. The van der Waals surface area contributed by atoms with Crippen LogP contribution in [-0.4, -0.2) is 9.55 Å². The summed E-state index contributed by atoms with van der Waals surface area (Å²) in [4.78, 5) is 15.4. The van der Waals surface area contributed by atoms with Crippen molar-refractivity contribution in [3.63, 3.8) is 0 Å². The molecule has 15 heavy (non-hydrogen) atoms. The van der Waals surface area contributed by atoms with Gasteiger partial charge in [0.05, 0.1) is 5.69 Å². The van der Waals surface area contributed by atoms with Crippen LogP contribution in [0.5, 0.6) is 0 Å². The summed E-state index contributed by atoms with van der Waals surface area (Å²) in [6.45, 7) is 0. The Morgan fingerprint density at radius 3 is 2.80 bits per heavy atom. The topological polar surface area (TPSA) is 34.9 Å². The van der Waals surface area contributed by atoms with E-state index < -0.39 is 0 Å². The highest BCUT2D eigenvalue weighted by Gasteiger charge is 2.05. The average molecular weight is 333 g/mol. The molecule has 0 aliphatic carbocycles. The zero-order valence-electron chi connectivity index (χ0n) is 7.52. The summed E-state index contributed by atoms with van der Waals surface area (Å²) in [6, 6.07) is 7.58. The lowest BCUT2D eigenvalue weighted by atomic mass is 10.3. The summed E-state index contributed by atoms with van der Waals surface area (Å²) >= 11 is 7.84. The zero-order chi connectivity index (χ0) is 10.8. The minimum atomic E-state index is -0.303. The van der Waals surface area contributed by atoms with E-state index in [-0.39, 0.29) is 10.7 Å². The van der Waals surface area contributed by atoms with Gasteiger partial charge in [0.15, 0.2) is 5.15 Å². The van der Waals surface area contributed by atoms with E-state index in [0.717, 1.165) is 9.26 Å². The van der Waals surface area contributed by atoms with Crippen LogP contribution in [0.2, 0.25) is 5.15 Å². The number of hydrogen-bond donors (Lipinski definition) is 0. The first kappa shape index (κ1) is 10.6. The maximum atomic E-state index is 11.7. The molecule has 1 aromatic heterocycles. The summed E-state index contributed by atoms with van der Waals surface area (Å²) in [5.41, 5.74) is 0.510. The molecule has 0 spiro atoms. The predicted molar refractivity (Wildman–Crippen MR) is 67.6 cm³/mol. The van der Waals surface area contributed by atoms with Gasteiger partial charge in [0.2, 0.25) is 0 Å². The summed E-state index contributed by atoms with van der Waals surface area (Å²) in [5, 5.41) is -0.0165. The molecule has 3 nitrogen and oxygen atoms in total. The van der Waals surface area contributed by atoms with Gasteiger partial charge in [0.1, 0.15) is 0 Å². The van der Waals surface area contributed by atoms with Crippen LogP contribution < -0.4 is 5.56 Å². The van der Waals surface area contributed by atoms with Crippen molar-refractivity contribution in [2.24, 2.45) is 0 Å². The fourth-order valence-electron chi connectivity index (χ4n) is 1.22. The Kier molecular flexibility index (Phi) is 3.06. The maximum Gasteiger partial charge on any atom is 0.292 e. The van der Waals surface area contributed by atoms with Gasteiger partial charge in [-0.15, -0.1) is 0 Å². The summed E-state index contributed by atoms with van der Waals surface area (Å²) < 4.78 is 2.47. The van der Waals surface area contributed by atoms with Crippen LogP contribution in [0.1, 0.15) is 0 Å². The standard InChI is InChI=1S/C10H6ClIN2O/c11-9-10(15)14(6-5-13-9)8-4-2-1-3-7(8)12/h1-6H. The molecule has 0 fully saturated rings. The molecule has 0 aliphatic heterocycles. The first-order valence-corrected chi connectivity index (χ1v) is 5.64. The highest BCUT2D eigenvalue weighted by atomic mass is 127. The Hall–Kier alpha value is -0.880. The number of rotatable bonds is 1. The first-order chi connectivity index (χ1) is 7.20. The van der Waals surface area contributed by atoms with E-state index >= 15 is 0 Å². The summed E-state index contributed by atoms with van der Waals surface area (Å²) in [5.74, 6) is 0. The molecule has 0 N–H and O–H groups in total. The third-order valence-corrected chi connectivity index (χ3v) is 3.08. The third-order valence-electron chi connectivity index (χ3n) is 1.91. The second-order valence-electron chi connectivity index (χ2n) is 2.84. The predicted octanol–water partition coefficient (Wildman–Crippen LogP) is 2.49. The summed E-state index contributed by atoms with van der Waals surface area (Å²) in [7, 11) is 0. The van der Waals surface area contributed by atoms with Gasteiger partial charge < -0.3 is 0 Å². The lowest BCUT2D eigenvalue weighted by Gasteiger charge is -2.06. The van der Waals surface area contributed by atoms with Gasteiger partial charge in [0.25, 0.3) is 5.56 Å². The van der Waals surface area contributed by atoms with E-state index in [1.54, 1.807) is 6.20 Å². The molecular weight excluding hydrogens is 326 g/mol. The lowest BCUT2D eigenvalue weighted by Crippen LogP contribution is -2.19. The van der Waals surface area contributed by atoms with Crippen LogP contribution in [0.3, 0.4) is 0 Å². The fraction of sp³-hybridized carbons (Fsp3) is 0. The molecule has 0 bridgehead atoms. The zero-order valence-corrected chi connectivity index (χ0v) is 10.4. The van der Waals surface area contributed by atoms with E-state index in [1.165, 1.54) is 10.8 Å². The Bertz CT molecular complexity index is 553. The molecule has 2 aromatic rings. The van der Waals surface area contributed by atoms with Crippen molar-refractivity contribution in [2.45, 2.75) is 0 Å². The maximum absolute atomic E-state index is 11.7. The number of nitrogens with zero attached hydrogens (tertiary/aromatic N) is 2. The smallest absolute Gasteiger partial charge is 0.279 e. The fourth-order valence-corrected chi connectivity index (χ4v) is 2.02. The SMILES string of the molecule is O=c1c(Cl)nccn1-c1ccccc1I. The molecule has 0 atom stereocenters. The quantitative estimate of drug-likeness (QED) is 0.752. The first-order valence-electron chi connectivity index (χ1n) is 4.18. The van der Waals surface area contributed by atoms with Gasteiger partial charge in [0, 0.05) is 16.0 Å². The van der Waals surface area contributed by atoms with E-state index in [0.29, 0.717) is 0 Å². The van der Waals surface area contributed by atoms with E-state index in [2.05, 4.69) is 27.6 Å². The van der Waals surface area contributed by atoms with Crippen molar-refractivity contribution < 1.29 is 0 Å². The van der Waals surface area contributed by atoms with E-state index in [1.807, 2.05) is 24.3 Å². The normalized spacial score (nSPS) is 10.3. The molecule has 0 saturated carbocycles. The van der Waals surface area contributed by atoms with Crippen molar-refractivity contribution in [1.82, 2.24) is 9.55 Å². The molecule has 0 unspecified atom stereocenters. The van der Waals surface area contributed by atoms with Crippen LogP contribution in [0, 0.1) is 3.57 Å². The second-order valence-corrected chi connectivity index (χ2v) is 4.36. The van der Waals surface area contributed by atoms with Gasteiger partial charge in [-0.2, -0.15) is 0 Å². The van der Waals surface area contributed by atoms with Crippen LogP contribution in [-0.2, 0) is 0 Å². The van der Waals surface area contributed by atoms with E-state index in [9.17, 15) is 4.79 Å². The van der Waals surface area contributed by atoms with E-state index in [4.69, 9.17) is 11.6 Å². The van der Waals surface area contributed by atoms with Crippen LogP contribution in [0.25, 0.3) is 5.69 Å². The molecule has 1 aromatic carbocycles. The van der Waals surface area contributed by atoms with Gasteiger partial charge in [-0.25, -0.2) is 4.98 Å². The number of para-hydroxylation sites is 1. The Labute approximate surface area is 105 Å². The molecule has 76 valence electrons. The van der Waals surface area contributed by atoms with Crippen molar-refractivity contribution >= 4 is 34.2 Å². The molecule has 0 saturated heterocycles. The molecular formula is C10H6ClIN2O. The minimum Gasteiger partial charge on any atom is -0.279 e. The van der Waals surface area contributed by atoms with Gasteiger partial charge in [-0.1, -0.05) is 23.7 Å². The molecule has 0 amide bonds. The Morgan fingerprint density at radius 1 is 1.33 bits per heavy atom. The molecule has 0 radical (unpaired) electrons. The molecule has 2 rings (SSSR count). The third kappa shape index (κ3) is 2.05.